The van der Waals surface area contributed by atoms with E-state index >= 15 is 0 Å². The summed E-state index contributed by atoms with van der Waals surface area (Å²) in [4.78, 5) is 11.7. The van der Waals surface area contributed by atoms with E-state index < -0.39 is 0 Å². The largest absolute Gasteiger partial charge is 0.484 e. The lowest BCUT2D eigenvalue weighted by Gasteiger charge is -2.33. The maximum atomic E-state index is 11.7. The molecule has 0 unspecified atom stereocenters. The van der Waals surface area contributed by atoms with E-state index in [0.717, 1.165) is 6.42 Å². The summed E-state index contributed by atoms with van der Waals surface area (Å²) in [5.41, 5.74) is 3.99. The van der Waals surface area contributed by atoms with Crippen molar-refractivity contribution in [3.8, 4) is 5.75 Å². The Kier molecular flexibility index (Phi) is 6.24. The molecular weight excluding hydrogens is 328 g/mol. The van der Waals surface area contributed by atoms with Gasteiger partial charge in [-0.2, -0.15) is 5.10 Å². The molecule has 1 N–H and O–H groups in total. The molecule has 1 amide bonds. The quantitative estimate of drug-likeness (QED) is 0.586. The molecule has 0 saturated heterocycles. The second-order valence-corrected chi connectivity index (χ2v) is 8.24. The summed E-state index contributed by atoms with van der Waals surface area (Å²) in [5.74, 6) is 0.898. The molecule has 26 heavy (non-hydrogen) atoms. The molecule has 0 atom stereocenters. The lowest BCUT2D eigenvalue weighted by atomic mass is 9.72. The molecule has 0 aliphatic rings. The average Bonchev–Trinajstić information content (AvgIpc) is 3.04. The first-order chi connectivity index (χ1) is 12.2. The summed E-state index contributed by atoms with van der Waals surface area (Å²) in [6, 6.07) is 11.4. The Morgan fingerprint density at radius 1 is 1.15 bits per heavy atom. The van der Waals surface area contributed by atoms with Crippen LogP contribution >= 0.6 is 0 Å². The smallest absolute Gasteiger partial charge is 0.277 e. The molecule has 0 aliphatic carbocycles. The van der Waals surface area contributed by atoms with Crippen LogP contribution in [-0.4, -0.2) is 18.7 Å². The van der Waals surface area contributed by atoms with Crippen molar-refractivity contribution in [2.45, 2.75) is 46.5 Å². The van der Waals surface area contributed by atoms with Crippen LogP contribution in [-0.2, 0) is 10.2 Å². The van der Waals surface area contributed by atoms with Gasteiger partial charge in [0, 0.05) is 0 Å². The number of hydrogen-bond donors (Lipinski definition) is 1. The van der Waals surface area contributed by atoms with Crippen LogP contribution in [0.15, 0.2) is 52.2 Å². The molecule has 140 valence electrons. The van der Waals surface area contributed by atoms with Crippen LogP contribution in [0.25, 0.3) is 0 Å². The Bertz CT molecular complexity index is 724. The van der Waals surface area contributed by atoms with Gasteiger partial charge in [-0.05, 0) is 47.1 Å². The van der Waals surface area contributed by atoms with E-state index in [9.17, 15) is 4.79 Å². The second-order valence-electron chi connectivity index (χ2n) is 8.24. The average molecular weight is 356 g/mol. The lowest BCUT2D eigenvalue weighted by molar-refractivity contribution is -0.123. The van der Waals surface area contributed by atoms with E-state index in [-0.39, 0.29) is 23.3 Å². The van der Waals surface area contributed by atoms with E-state index in [2.05, 4.69) is 57.3 Å². The third kappa shape index (κ3) is 6.39. The number of benzene rings is 1. The fourth-order valence-electron chi connectivity index (χ4n) is 3.14. The van der Waals surface area contributed by atoms with Gasteiger partial charge in [-0.1, -0.05) is 46.8 Å². The van der Waals surface area contributed by atoms with Crippen molar-refractivity contribution in [3.05, 3.63) is 54.0 Å². The highest BCUT2D eigenvalue weighted by molar-refractivity contribution is 5.81. The summed E-state index contributed by atoms with van der Waals surface area (Å²) in [6.45, 7) is 11.1. The summed E-state index contributed by atoms with van der Waals surface area (Å²) in [5, 5.41) is 3.81. The minimum Gasteiger partial charge on any atom is -0.484 e. The lowest BCUT2D eigenvalue weighted by Crippen LogP contribution is -2.25. The molecule has 1 heterocycles. The highest BCUT2D eigenvalue weighted by atomic mass is 16.5. The normalized spacial score (nSPS) is 12.3. The highest BCUT2D eigenvalue weighted by Crippen LogP contribution is 2.36. The predicted molar refractivity (Wildman–Crippen MR) is 103 cm³/mol. The van der Waals surface area contributed by atoms with Crippen molar-refractivity contribution in [1.29, 1.82) is 0 Å². The molecule has 5 heteroatoms. The number of hydrazone groups is 1. The van der Waals surface area contributed by atoms with Crippen molar-refractivity contribution in [2.75, 3.05) is 6.61 Å². The SMILES string of the molecule is CC(C)(C)CC(C)(C)c1ccc(OCC(=O)NN=Cc2ccco2)cc1. The molecule has 1 aromatic carbocycles. The molecule has 1 aromatic heterocycles. The Balaban J connectivity index is 1.84. The minimum absolute atomic E-state index is 0.0781. The van der Waals surface area contributed by atoms with Crippen LogP contribution in [0.4, 0.5) is 0 Å². The number of rotatable bonds is 7. The molecule has 2 rings (SSSR count). The number of carbonyl (C=O) groups is 1. The van der Waals surface area contributed by atoms with Crippen LogP contribution < -0.4 is 10.2 Å². The van der Waals surface area contributed by atoms with Crippen molar-refractivity contribution in [2.24, 2.45) is 10.5 Å². The third-order valence-electron chi connectivity index (χ3n) is 3.90. The number of carbonyl (C=O) groups excluding carboxylic acids is 1. The van der Waals surface area contributed by atoms with Crippen LogP contribution in [0.2, 0.25) is 0 Å². The molecule has 0 fully saturated rings. The van der Waals surface area contributed by atoms with E-state index in [4.69, 9.17) is 9.15 Å². The Morgan fingerprint density at radius 2 is 1.85 bits per heavy atom. The van der Waals surface area contributed by atoms with Gasteiger partial charge in [-0.25, -0.2) is 5.43 Å². The molecule has 0 saturated carbocycles. The fraction of sp³-hybridized carbons (Fsp3) is 0.429. The van der Waals surface area contributed by atoms with E-state index in [0.29, 0.717) is 11.5 Å². The van der Waals surface area contributed by atoms with Crippen LogP contribution in [0.1, 0.15) is 52.4 Å². The molecule has 0 radical (unpaired) electrons. The zero-order chi connectivity index (χ0) is 19.2. The van der Waals surface area contributed by atoms with Crippen LogP contribution in [0, 0.1) is 5.41 Å². The third-order valence-corrected chi connectivity index (χ3v) is 3.90. The Hall–Kier alpha value is -2.56. The van der Waals surface area contributed by atoms with Crippen molar-refractivity contribution in [1.82, 2.24) is 5.43 Å². The van der Waals surface area contributed by atoms with Crippen molar-refractivity contribution < 1.29 is 13.9 Å². The molecule has 2 aromatic rings. The molecule has 0 bridgehead atoms. The van der Waals surface area contributed by atoms with Gasteiger partial charge in [0.1, 0.15) is 11.5 Å². The van der Waals surface area contributed by atoms with E-state index in [1.54, 1.807) is 18.4 Å². The number of nitrogens with zero attached hydrogens (tertiary/aromatic N) is 1. The number of furan rings is 1. The molecule has 0 spiro atoms. The maximum absolute atomic E-state index is 11.7. The van der Waals surface area contributed by atoms with Gasteiger partial charge in [0.2, 0.25) is 0 Å². The van der Waals surface area contributed by atoms with E-state index in [1.165, 1.54) is 11.8 Å². The zero-order valence-electron chi connectivity index (χ0n) is 16.2. The summed E-state index contributed by atoms with van der Waals surface area (Å²) >= 11 is 0. The summed E-state index contributed by atoms with van der Waals surface area (Å²) in [6.07, 6.45) is 4.05. The predicted octanol–water partition coefficient (Wildman–Crippen LogP) is 4.52. The Morgan fingerprint density at radius 3 is 2.42 bits per heavy atom. The van der Waals surface area contributed by atoms with Gasteiger partial charge in [0.25, 0.3) is 5.91 Å². The van der Waals surface area contributed by atoms with Crippen LogP contribution in [0.3, 0.4) is 0 Å². The highest BCUT2D eigenvalue weighted by Gasteiger charge is 2.27. The van der Waals surface area contributed by atoms with Gasteiger partial charge in [0.15, 0.2) is 6.61 Å². The van der Waals surface area contributed by atoms with Gasteiger partial charge < -0.3 is 9.15 Å². The number of nitrogens with one attached hydrogen (secondary N) is 1. The zero-order valence-corrected chi connectivity index (χ0v) is 16.2. The van der Waals surface area contributed by atoms with Crippen molar-refractivity contribution >= 4 is 12.1 Å². The van der Waals surface area contributed by atoms with Gasteiger partial charge in [-0.15, -0.1) is 0 Å². The molecule has 0 aliphatic heterocycles. The number of ether oxygens (including phenoxy) is 1. The number of amides is 1. The second kappa shape index (κ2) is 8.21. The van der Waals surface area contributed by atoms with E-state index in [1.807, 2.05) is 12.1 Å². The first-order valence-corrected chi connectivity index (χ1v) is 8.74. The monoisotopic (exact) mass is 356 g/mol. The van der Waals surface area contributed by atoms with Gasteiger partial charge >= 0.3 is 0 Å². The molecular formula is C21H28N2O3. The maximum Gasteiger partial charge on any atom is 0.277 e. The van der Waals surface area contributed by atoms with Gasteiger partial charge in [-0.3, -0.25) is 4.79 Å². The number of hydrogen-bond acceptors (Lipinski definition) is 4. The minimum atomic E-state index is -0.329. The van der Waals surface area contributed by atoms with Gasteiger partial charge in [0.05, 0.1) is 12.5 Å². The first-order valence-electron chi connectivity index (χ1n) is 8.74. The van der Waals surface area contributed by atoms with Crippen molar-refractivity contribution in [3.63, 3.8) is 0 Å². The standard InChI is InChI=1S/C21H28N2O3/c1-20(2,3)15-21(4,5)16-8-10-17(11-9-16)26-14-19(24)23-22-13-18-7-6-12-25-18/h6-13H,14-15H2,1-5H3,(H,23,24). The Labute approximate surface area is 155 Å². The first kappa shape index (κ1) is 19.8. The fourth-order valence-corrected chi connectivity index (χ4v) is 3.14. The van der Waals surface area contributed by atoms with Crippen LogP contribution in [0.5, 0.6) is 5.75 Å². The topological polar surface area (TPSA) is 63.8 Å². The summed E-state index contributed by atoms with van der Waals surface area (Å²) < 4.78 is 10.6. The molecule has 5 nitrogen and oxygen atoms in total. The summed E-state index contributed by atoms with van der Waals surface area (Å²) in [7, 11) is 0.